The van der Waals surface area contributed by atoms with Crippen molar-refractivity contribution in [1.82, 2.24) is 9.55 Å². The van der Waals surface area contributed by atoms with Crippen molar-refractivity contribution in [3.8, 4) is 0 Å². The molecule has 0 bridgehead atoms. The lowest BCUT2D eigenvalue weighted by atomic mass is 10.1. The summed E-state index contributed by atoms with van der Waals surface area (Å²) in [5, 5.41) is 20.1. The number of rotatable bonds is 8. The Morgan fingerprint density at radius 3 is 2.23 bits per heavy atom. The van der Waals surface area contributed by atoms with Crippen LogP contribution in [0, 0.1) is 6.92 Å². The Balaban J connectivity index is 2.09. The van der Waals surface area contributed by atoms with E-state index in [1.165, 1.54) is 6.92 Å². The molecule has 7 N–H and O–H groups in total. The number of H-pyrrole nitrogens is 1. The zero-order chi connectivity index (χ0) is 23.1. The first-order valence-corrected chi connectivity index (χ1v) is 12.2. The predicted molar refractivity (Wildman–Crippen MR) is 91.8 cm³/mol. The van der Waals surface area contributed by atoms with Crippen molar-refractivity contribution in [3.05, 3.63) is 32.6 Å². The SMILES string of the molecule is Cc1cn([C@@H]2O[C@H](COP(=O)(O)OP(=O)(O)OP(=O)(O)O)C(O)[C@@H]2O)c(=O)[nH]c1=O. The third-order valence-corrected chi connectivity index (χ3v) is 7.38. The van der Waals surface area contributed by atoms with Crippen LogP contribution in [0.1, 0.15) is 11.8 Å². The fraction of sp³-hybridized carbons (Fsp3) is 0.600. The third kappa shape index (κ3) is 6.48. The largest absolute Gasteiger partial charge is 0.490 e. The number of aryl methyl sites for hydroxylation is 1. The van der Waals surface area contributed by atoms with E-state index in [0.717, 1.165) is 10.8 Å². The van der Waals surface area contributed by atoms with Gasteiger partial charge in [0.1, 0.15) is 18.3 Å². The molecule has 0 saturated carbocycles. The molecule has 0 spiro atoms. The number of hydrogen-bond donors (Lipinski definition) is 7. The number of aliphatic hydroxyl groups excluding tert-OH is 2. The second-order valence-electron chi connectivity index (χ2n) is 5.91. The number of aromatic nitrogens is 2. The van der Waals surface area contributed by atoms with Gasteiger partial charge in [0.15, 0.2) is 6.23 Å². The summed E-state index contributed by atoms with van der Waals surface area (Å²) in [7, 11) is -16.8. The van der Waals surface area contributed by atoms with Crippen molar-refractivity contribution in [2.75, 3.05) is 6.61 Å². The van der Waals surface area contributed by atoms with Crippen LogP contribution in [-0.2, 0) is 31.6 Å². The highest BCUT2D eigenvalue weighted by atomic mass is 31.3. The Bertz CT molecular complexity index is 1040. The van der Waals surface area contributed by atoms with Gasteiger partial charge < -0.3 is 34.5 Å². The average molecular weight is 498 g/mol. The van der Waals surface area contributed by atoms with Gasteiger partial charge in [-0.15, -0.1) is 0 Å². The number of aliphatic hydroxyl groups is 2. The van der Waals surface area contributed by atoms with Gasteiger partial charge in [-0.2, -0.15) is 8.62 Å². The van der Waals surface area contributed by atoms with Crippen molar-refractivity contribution < 1.29 is 61.4 Å². The summed E-state index contributed by atoms with van der Waals surface area (Å²) in [4.78, 5) is 60.6. The minimum absolute atomic E-state index is 0.0663. The molecule has 0 aromatic carbocycles. The first-order chi connectivity index (χ1) is 13.5. The summed E-state index contributed by atoms with van der Waals surface area (Å²) in [6, 6.07) is 0. The minimum atomic E-state index is -5.73. The second-order valence-corrected chi connectivity index (χ2v) is 10.3. The zero-order valence-electron chi connectivity index (χ0n) is 14.7. The molecule has 6 atom stereocenters. The van der Waals surface area contributed by atoms with E-state index in [1.807, 2.05) is 4.98 Å². The van der Waals surface area contributed by atoms with Crippen molar-refractivity contribution in [3.63, 3.8) is 0 Å². The van der Waals surface area contributed by atoms with E-state index in [1.54, 1.807) is 0 Å². The predicted octanol–water partition coefficient (Wildman–Crippen LogP) is -2.19. The lowest BCUT2D eigenvalue weighted by molar-refractivity contribution is -0.0543. The molecule has 1 fully saturated rings. The van der Waals surface area contributed by atoms with Crippen LogP contribution in [0.25, 0.3) is 0 Å². The van der Waals surface area contributed by atoms with Crippen LogP contribution in [0.4, 0.5) is 0 Å². The van der Waals surface area contributed by atoms with E-state index in [0.29, 0.717) is 0 Å². The number of nitrogens with zero attached hydrogens (tertiary/aromatic N) is 1. The third-order valence-electron chi connectivity index (χ3n) is 3.58. The van der Waals surface area contributed by atoms with Crippen LogP contribution in [0.2, 0.25) is 0 Å². The van der Waals surface area contributed by atoms with Crippen molar-refractivity contribution in [1.29, 1.82) is 0 Å². The number of phosphoric ester groups is 1. The lowest BCUT2D eigenvalue weighted by Crippen LogP contribution is -2.38. The number of aromatic amines is 1. The van der Waals surface area contributed by atoms with Crippen LogP contribution >= 0.6 is 23.5 Å². The Labute approximate surface area is 165 Å². The first-order valence-electron chi connectivity index (χ1n) is 7.63. The Kier molecular flexibility index (Phi) is 7.44. The average Bonchev–Trinajstić information content (AvgIpc) is 2.81. The molecular formula is C10H17N2O15P3. The second kappa shape index (κ2) is 8.84. The monoisotopic (exact) mass is 498 g/mol. The molecule has 1 aromatic heterocycles. The fourth-order valence-electron chi connectivity index (χ4n) is 2.34. The van der Waals surface area contributed by atoms with Crippen LogP contribution < -0.4 is 11.2 Å². The fourth-order valence-corrected chi connectivity index (χ4v) is 5.37. The number of hydrogen-bond acceptors (Lipinski definition) is 11. The summed E-state index contributed by atoms with van der Waals surface area (Å²) in [5.74, 6) is 0. The molecule has 172 valence electrons. The minimum Gasteiger partial charge on any atom is -0.387 e. The first kappa shape index (κ1) is 25.2. The van der Waals surface area contributed by atoms with Gasteiger partial charge in [0.05, 0.1) is 6.61 Å². The summed E-state index contributed by atoms with van der Waals surface area (Å²) in [5.41, 5.74) is -1.62. The maximum absolute atomic E-state index is 11.9. The van der Waals surface area contributed by atoms with Gasteiger partial charge in [0.25, 0.3) is 5.56 Å². The summed E-state index contributed by atoms with van der Waals surface area (Å²) < 4.78 is 50.8. The Morgan fingerprint density at radius 1 is 1.07 bits per heavy atom. The number of nitrogens with one attached hydrogen (secondary N) is 1. The molecule has 1 aliphatic heterocycles. The molecule has 0 aliphatic carbocycles. The molecule has 1 saturated heterocycles. The maximum Gasteiger partial charge on any atom is 0.490 e. The molecule has 1 aliphatic rings. The van der Waals surface area contributed by atoms with Crippen LogP contribution in [0.15, 0.2) is 15.8 Å². The topological polar surface area (TPSA) is 264 Å². The van der Waals surface area contributed by atoms with E-state index >= 15 is 0 Å². The molecule has 0 amide bonds. The molecular weight excluding hydrogens is 481 g/mol. The standard InChI is InChI=1S/C10H17N2O15P3/c1-4-2-12(10(16)11-8(4)15)9-7(14)6(13)5(25-9)3-24-29(20,21)27-30(22,23)26-28(17,18)19/h2,5-7,9,13-14H,3H2,1H3,(H,20,21)(H,22,23)(H,11,15,16)(H2,17,18,19)/t5-,6?,7+,9-/m1/s1. The van der Waals surface area contributed by atoms with Gasteiger partial charge in [-0.3, -0.25) is 18.9 Å². The van der Waals surface area contributed by atoms with Gasteiger partial charge >= 0.3 is 29.2 Å². The van der Waals surface area contributed by atoms with Gasteiger partial charge in [0.2, 0.25) is 0 Å². The zero-order valence-corrected chi connectivity index (χ0v) is 17.4. The van der Waals surface area contributed by atoms with Gasteiger partial charge in [-0.05, 0) is 6.92 Å². The maximum atomic E-state index is 11.9. The van der Waals surface area contributed by atoms with Crippen LogP contribution in [0.3, 0.4) is 0 Å². The summed E-state index contributed by atoms with van der Waals surface area (Å²) in [6.07, 6.45) is -5.64. The van der Waals surface area contributed by atoms with Crippen molar-refractivity contribution >= 4 is 23.5 Å². The van der Waals surface area contributed by atoms with Gasteiger partial charge in [-0.25, -0.2) is 18.5 Å². The molecule has 17 nitrogen and oxygen atoms in total. The molecule has 2 rings (SSSR count). The van der Waals surface area contributed by atoms with Gasteiger partial charge in [0, 0.05) is 11.8 Å². The van der Waals surface area contributed by atoms with E-state index in [9.17, 15) is 38.4 Å². The lowest BCUT2D eigenvalue weighted by Gasteiger charge is -2.19. The Morgan fingerprint density at radius 2 is 1.67 bits per heavy atom. The Hall–Kier alpha value is -1.03. The van der Waals surface area contributed by atoms with Gasteiger partial charge in [-0.1, -0.05) is 0 Å². The molecule has 20 heteroatoms. The normalized spacial score (nSPS) is 28.8. The van der Waals surface area contributed by atoms with Crippen LogP contribution in [0.5, 0.6) is 0 Å². The smallest absolute Gasteiger partial charge is 0.387 e. The van der Waals surface area contributed by atoms with E-state index in [4.69, 9.17) is 19.4 Å². The van der Waals surface area contributed by atoms with E-state index < -0.39 is 65.9 Å². The molecule has 3 unspecified atom stereocenters. The van der Waals surface area contributed by atoms with E-state index in [2.05, 4.69) is 13.1 Å². The summed E-state index contributed by atoms with van der Waals surface area (Å²) >= 11 is 0. The van der Waals surface area contributed by atoms with Crippen molar-refractivity contribution in [2.45, 2.75) is 31.5 Å². The number of ether oxygens (including phenoxy) is 1. The molecule has 0 radical (unpaired) electrons. The molecule has 2 heterocycles. The van der Waals surface area contributed by atoms with Crippen LogP contribution in [-0.4, -0.2) is 64.3 Å². The number of phosphoric acid groups is 3. The highest BCUT2D eigenvalue weighted by molar-refractivity contribution is 7.66. The van der Waals surface area contributed by atoms with Crippen molar-refractivity contribution in [2.24, 2.45) is 0 Å². The highest BCUT2D eigenvalue weighted by Crippen LogP contribution is 2.66. The summed E-state index contributed by atoms with van der Waals surface area (Å²) in [6.45, 7) is 0.300. The van der Waals surface area contributed by atoms with E-state index in [-0.39, 0.29) is 5.56 Å². The quantitative estimate of drug-likeness (QED) is 0.188. The molecule has 30 heavy (non-hydrogen) atoms. The highest BCUT2D eigenvalue weighted by Gasteiger charge is 2.46. The molecule has 1 aromatic rings.